The summed E-state index contributed by atoms with van der Waals surface area (Å²) in [5.41, 5.74) is 1.15. The second-order valence-corrected chi connectivity index (χ2v) is 9.05. The van der Waals surface area contributed by atoms with E-state index in [0.29, 0.717) is 6.42 Å². The summed E-state index contributed by atoms with van der Waals surface area (Å²) in [6.07, 6.45) is 1.37. The Labute approximate surface area is 159 Å². The van der Waals surface area contributed by atoms with Crippen molar-refractivity contribution in [3.63, 3.8) is 0 Å². The second kappa shape index (κ2) is 7.51. The van der Waals surface area contributed by atoms with Crippen LogP contribution in [0.15, 0.2) is 59.5 Å². The van der Waals surface area contributed by atoms with Gasteiger partial charge in [0, 0.05) is 24.9 Å². The lowest BCUT2D eigenvalue weighted by molar-refractivity contribution is -0.115. The van der Waals surface area contributed by atoms with E-state index < -0.39 is 15.4 Å². The summed E-state index contributed by atoms with van der Waals surface area (Å²) in [6.45, 7) is 2.43. The SMILES string of the molecule is Cc1ccc(S(=O)(=O)N2CCC(C=O)(c3ccccc3)C(CCl)C2)cc1. The zero-order chi connectivity index (χ0) is 18.8. The number of rotatable bonds is 5. The minimum absolute atomic E-state index is 0.216. The van der Waals surface area contributed by atoms with Crippen LogP contribution in [0, 0.1) is 12.8 Å². The first kappa shape index (κ1) is 19.1. The number of aldehydes is 1. The normalized spacial score (nSPS) is 24.3. The molecule has 0 aliphatic carbocycles. The van der Waals surface area contributed by atoms with Crippen molar-refractivity contribution in [1.29, 1.82) is 0 Å². The van der Waals surface area contributed by atoms with Crippen LogP contribution < -0.4 is 0 Å². The fourth-order valence-corrected chi connectivity index (χ4v) is 5.49. The Morgan fingerprint density at radius 2 is 1.81 bits per heavy atom. The van der Waals surface area contributed by atoms with E-state index in [1.807, 2.05) is 37.3 Å². The Kier molecular flexibility index (Phi) is 5.51. The molecule has 1 saturated heterocycles. The third kappa shape index (κ3) is 3.31. The van der Waals surface area contributed by atoms with E-state index >= 15 is 0 Å². The molecule has 0 amide bonds. The van der Waals surface area contributed by atoms with Crippen LogP contribution in [0.25, 0.3) is 0 Å². The molecule has 6 heteroatoms. The lowest BCUT2D eigenvalue weighted by atomic mass is 9.68. The minimum Gasteiger partial charge on any atom is -0.302 e. The molecule has 1 fully saturated rings. The van der Waals surface area contributed by atoms with E-state index in [4.69, 9.17) is 11.6 Å². The number of hydrogen-bond acceptors (Lipinski definition) is 3. The maximum atomic E-state index is 13.0. The zero-order valence-corrected chi connectivity index (χ0v) is 16.2. The van der Waals surface area contributed by atoms with E-state index in [1.54, 1.807) is 24.3 Å². The molecule has 0 saturated carbocycles. The number of nitrogens with zero attached hydrogens (tertiary/aromatic N) is 1. The largest absolute Gasteiger partial charge is 0.302 e. The van der Waals surface area contributed by atoms with Crippen LogP contribution in [0.2, 0.25) is 0 Å². The van der Waals surface area contributed by atoms with Crippen LogP contribution >= 0.6 is 11.6 Å². The molecule has 0 N–H and O–H groups in total. The van der Waals surface area contributed by atoms with Crippen LogP contribution in [-0.2, 0) is 20.2 Å². The van der Waals surface area contributed by atoms with Gasteiger partial charge >= 0.3 is 0 Å². The van der Waals surface area contributed by atoms with Crippen molar-refractivity contribution < 1.29 is 13.2 Å². The molecular formula is C20H22ClNO3S. The van der Waals surface area contributed by atoms with Gasteiger partial charge < -0.3 is 4.79 Å². The molecule has 0 bridgehead atoms. The summed E-state index contributed by atoms with van der Waals surface area (Å²) in [7, 11) is -3.60. The van der Waals surface area contributed by atoms with Crippen molar-refractivity contribution in [2.24, 2.45) is 5.92 Å². The third-order valence-corrected chi connectivity index (χ3v) is 7.55. The number of carbonyl (C=O) groups excluding carboxylic acids is 1. The molecule has 26 heavy (non-hydrogen) atoms. The van der Waals surface area contributed by atoms with Crippen LogP contribution in [0.3, 0.4) is 0 Å². The molecule has 3 rings (SSSR count). The molecule has 4 nitrogen and oxygen atoms in total. The summed E-state index contributed by atoms with van der Waals surface area (Å²) in [5.74, 6) is -0.0638. The van der Waals surface area contributed by atoms with Crippen molar-refractivity contribution in [3.8, 4) is 0 Å². The fourth-order valence-electron chi connectivity index (χ4n) is 3.63. The monoisotopic (exact) mass is 391 g/mol. The number of carbonyl (C=O) groups is 1. The first-order valence-corrected chi connectivity index (χ1v) is 10.6. The van der Waals surface area contributed by atoms with Crippen molar-refractivity contribution >= 4 is 27.9 Å². The topological polar surface area (TPSA) is 54.5 Å². The van der Waals surface area contributed by atoms with Crippen molar-refractivity contribution in [2.45, 2.75) is 23.7 Å². The summed E-state index contributed by atoms with van der Waals surface area (Å²) >= 11 is 6.20. The number of halogens is 1. The number of sulfonamides is 1. The summed E-state index contributed by atoms with van der Waals surface area (Å²) in [6, 6.07) is 16.3. The van der Waals surface area contributed by atoms with Crippen LogP contribution in [0.4, 0.5) is 0 Å². The fraction of sp³-hybridized carbons (Fsp3) is 0.350. The number of alkyl halides is 1. The average Bonchev–Trinajstić information content (AvgIpc) is 2.68. The summed E-state index contributed by atoms with van der Waals surface area (Å²) in [4.78, 5) is 12.4. The Bertz CT molecular complexity index is 868. The molecule has 1 aliphatic rings. The highest BCUT2D eigenvalue weighted by Gasteiger charge is 2.46. The van der Waals surface area contributed by atoms with Crippen molar-refractivity contribution in [3.05, 3.63) is 65.7 Å². The van der Waals surface area contributed by atoms with Gasteiger partial charge in [0.25, 0.3) is 0 Å². The first-order valence-electron chi connectivity index (χ1n) is 8.58. The van der Waals surface area contributed by atoms with E-state index in [0.717, 1.165) is 17.4 Å². The highest BCUT2D eigenvalue weighted by Crippen LogP contribution is 2.40. The van der Waals surface area contributed by atoms with E-state index in [2.05, 4.69) is 0 Å². The van der Waals surface area contributed by atoms with Gasteiger partial charge in [-0.1, -0.05) is 48.0 Å². The third-order valence-electron chi connectivity index (χ3n) is 5.29. The predicted octanol–water partition coefficient (Wildman–Crippen LogP) is 3.38. The Morgan fingerprint density at radius 1 is 1.15 bits per heavy atom. The first-order chi connectivity index (χ1) is 12.4. The maximum absolute atomic E-state index is 13.0. The van der Waals surface area contributed by atoms with Gasteiger partial charge in [0.1, 0.15) is 6.29 Å². The van der Waals surface area contributed by atoms with Gasteiger partial charge in [-0.25, -0.2) is 8.42 Å². The molecule has 1 heterocycles. The van der Waals surface area contributed by atoms with Gasteiger partial charge in [-0.2, -0.15) is 4.31 Å². The Morgan fingerprint density at radius 3 is 2.38 bits per heavy atom. The Hall–Kier alpha value is -1.69. The quantitative estimate of drug-likeness (QED) is 0.580. The van der Waals surface area contributed by atoms with Gasteiger partial charge in [-0.3, -0.25) is 0 Å². The predicted molar refractivity (Wildman–Crippen MR) is 103 cm³/mol. The molecule has 2 atom stereocenters. The molecule has 138 valence electrons. The lowest BCUT2D eigenvalue weighted by Crippen LogP contribution is -2.53. The van der Waals surface area contributed by atoms with Crippen molar-refractivity contribution in [2.75, 3.05) is 19.0 Å². The molecule has 0 radical (unpaired) electrons. The molecule has 0 spiro atoms. The van der Waals surface area contributed by atoms with E-state index in [1.165, 1.54) is 4.31 Å². The minimum atomic E-state index is -3.60. The lowest BCUT2D eigenvalue weighted by Gasteiger charge is -2.43. The summed E-state index contributed by atoms with van der Waals surface area (Å²) < 4.78 is 27.4. The van der Waals surface area contributed by atoms with Gasteiger partial charge in [-0.05, 0) is 31.0 Å². The average molecular weight is 392 g/mol. The highest BCUT2D eigenvalue weighted by atomic mass is 35.5. The molecule has 2 unspecified atom stereocenters. The number of benzene rings is 2. The smallest absolute Gasteiger partial charge is 0.243 e. The van der Waals surface area contributed by atoms with Gasteiger partial charge in [0.05, 0.1) is 10.3 Å². The molecule has 1 aliphatic heterocycles. The number of piperidine rings is 1. The number of aryl methyl sites for hydroxylation is 1. The maximum Gasteiger partial charge on any atom is 0.243 e. The Balaban J connectivity index is 1.92. The van der Waals surface area contributed by atoms with Gasteiger partial charge in [0.15, 0.2) is 0 Å². The molecular weight excluding hydrogens is 370 g/mol. The van der Waals surface area contributed by atoms with Crippen LogP contribution in [0.5, 0.6) is 0 Å². The van der Waals surface area contributed by atoms with Gasteiger partial charge in [-0.15, -0.1) is 11.6 Å². The van der Waals surface area contributed by atoms with Gasteiger partial charge in [0.2, 0.25) is 10.0 Å². The molecule has 2 aromatic rings. The van der Waals surface area contributed by atoms with E-state index in [9.17, 15) is 13.2 Å². The summed E-state index contributed by atoms with van der Waals surface area (Å²) in [5, 5.41) is 0. The molecule has 2 aromatic carbocycles. The highest BCUT2D eigenvalue weighted by molar-refractivity contribution is 7.89. The standard InChI is InChI=1S/C20H22ClNO3S/c1-16-7-9-19(10-8-16)26(24,25)22-12-11-20(15-23,18(13-21)14-22)17-5-3-2-4-6-17/h2-10,15,18H,11-14H2,1H3. The molecule has 0 aromatic heterocycles. The number of hydrogen-bond donors (Lipinski definition) is 0. The van der Waals surface area contributed by atoms with E-state index in [-0.39, 0.29) is 29.8 Å². The van der Waals surface area contributed by atoms with Crippen molar-refractivity contribution in [1.82, 2.24) is 4.31 Å². The van der Waals surface area contributed by atoms with Crippen LogP contribution in [0.1, 0.15) is 17.5 Å². The van der Waals surface area contributed by atoms with Crippen LogP contribution in [-0.4, -0.2) is 38.0 Å². The second-order valence-electron chi connectivity index (χ2n) is 6.80. The zero-order valence-electron chi connectivity index (χ0n) is 14.6.